The average molecular weight is 576 g/mol. The maximum absolute atomic E-state index is 13.3. The monoisotopic (exact) mass is 575 g/mol. The number of anilines is 1. The molecule has 2 aliphatic heterocycles. The highest BCUT2D eigenvalue weighted by Gasteiger charge is 2.60. The third-order valence-electron chi connectivity index (χ3n) is 5.89. The molecule has 2 N–H and O–H groups in total. The van der Waals surface area contributed by atoms with Crippen LogP contribution >= 0.6 is 19.4 Å². The molecule has 2 aliphatic rings. The number of nitrogens with two attached hydrogens (primary N) is 1. The molecular formula is C22H31ClN5O9P. The van der Waals surface area contributed by atoms with E-state index in [1.54, 1.807) is 39.2 Å². The van der Waals surface area contributed by atoms with Gasteiger partial charge in [-0.05, 0) is 41.0 Å². The SMILES string of the molecule is CC(C)OC(=O)C(CCO[P@@]1(=O)OC[C@H]2O[C@@H](n3cnc4c(N)ncnc43)[C@](C)(Cl)[C@@H]2O1)C(=O)OC(C)C. The number of ether oxygens (including phenoxy) is 3. The second-order valence-corrected chi connectivity index (χ2v) is 12.1. The van der Waals surface area contributed by atoms with Gasteiger partial charge < -0.3 is 19.9 Å². The quantitative estimate of drug-likeness (QED) is 0.200. The summed E-state index contributed by atoms with van der Waals surface area (Å²) in [6.07, 6.45) is -0.682. The van der Waals surface area contributed by atoms with Crippen LogP contribution in [0.4, 0.5) is 5.82 Å². The summed E-state index contributed by atoms with van der Waals surface area (Å²) in [6.45, 7) is 7.84. The van der Waals surface area contributed by atoms with Crippen molar-refractivity contribution in [3.63, 3.8) is 0 Å². The molecule has 0 radical (unpaired) electrons. The van der Waals surface area contributed by atoms with E-state index in [2.05, 4.69) is 15.0 Å². The number of aromatic nitrogens is 4. The molecule has 0 aromatic carbocycles. The highest BCUT2D eigenvalue weighted by molar-refractivity contribution is 7.48. The summed E-state index contributed by atoms with van der Waals surface area (Å²) in [5, 5.41) is 0. The fourth-order valence-corrected chi connectivity index (χ4v) is 6.09. The van der Waals surface area contributed by atoms with E-state index in [0.717, 1.165) is 0 Å². The summed E-state index contributed by atoms with van der Waals surface area (Å²) in [6, 6.07) is 0. The average Bonchev–Trinajstić information content (AvgIpc) is 3.35. The summed E-state index contributed by atoms with van der Waals surface area (Å²) in [7, 11) is -4.13. The van der Waals surface area contributed by atoms with Gasteiger partial charge in [0.05, 0.1) is 31.7 Å². The van der Waals surface area contributed by atoms with Gasteiger partial charge in [0.1, 0.15) is 28.9 Å². The zero-order valence-corrected chi connectivity index (χ0v) is 23.3. The van der Waals surface area contributed by atoms with Crippen LogP contribution in [-0.2, 0) is 41.9 Å². The highest BCUT2D eigenvalue weighted by Crippen LogP contribution is 2.60. The molecule has 0 unspecified atom stereocenters. The van der Waals surface area contributed by atoms with Gasteiger partial charge in [-0.25, -0.2) is 19.5 Å². The van der Waals surface area contributed by atoms with Gasteiger partial charge in [0.15, 0.2) is 23.6 Å². The van der Waals surface area contributed by atoms with Crippen molar-refractivity contribution in [3.8, 4) is 0 Å². The van der Waals surface area contributed by atoms with Crippen LogP contribution in [0.25, 0.3) is 11.2 Å². The first kappa shape index (κ1) is 28.7. The van der Waals surface area contributed by atoms with Gasteiger partial charge in [-0.3, -0.25) is 27.7 Å². The van der Waals surface area contributed by atoms with Crippen molar-refractivity contribution in [2.24, 2.45) is 5.92 Å². The van der Waals surface area contributed by atoms with Gasteiger partial charge in [0.2, 0.25) is 0 Å². The normalized spacial score (nSPS) is 29.2. The van der Waals surface area contributed by atoms with E-state index in [1.165, 1.54) is 12.7 Å². The lowest BCUT2D eigenvalue weighted by molar-refractivity contribution is -0.167. The summed E-state index contributed by atoms with van der Waals surface area (Å²) in [5.41, 5.74) is 6.67. The van der Waals surface area contributed by atoms with Crippen molar-refractivity contribution in [1.29, 1.82) is 0 Å². The summed E-state index contributed by atoms with van der Waals surface area (Å²) in [5.74, 6) is -2.61. The predicted molar refractivity (Wildman–Crippen MR) is 133 cm³/mol. The van der Waals surface area contributed by atoms with E-state index in [4.69, 9.17) is 45.1 Å². The number of phosphoric ester groups is 1. The summed E-state index contributed by atoms with van der Waals surface area (Å²) in [4.78, 5) is 36.1. The molecule has 0 bridgehead atoms. The van der Waals surface area contributed by atoms with Crippen LogP contribution in [0.15, 0.2) is 12.7 Å². The van der Waals surface area contributed by atoms with E-state index in [0.29, 0.717) is 11.2 Å². The second kappa shape index (κ2) is 11.0. The molecule has 16 heteroatoms. The Labute approximate surface area is 224 Å². The zero-order chi connectivity index (χ0) is 27.8. The minimum absolute atomic E-state index is 0.140. The van der Waals surface area contributed by atoms with E-state index in [-0.39, 0.29) is 25.5 Å². The molecule has 4 rings (SSSR count). The number of esters is 2. The maximum Gasteiger partial charge on any atom is 0.475 e. The molecule has 14 nitrogen and oxygen atoms in total. The Hall–Kier alpha value is -2.35. The number of rotatable bonds is 9. The van der Waals surface area contributed by atoms with Gasteiger partial charge in [0.25, 0.3) is 0 Å². The Morgan fingerprint density at radius 1 is 1.21 bits per heavy atom. The Morgan fingerprint density at radius 3 is 2.50 bits per heavy atom. The molecule has 2 saturated heterocycles. The summed E-state index contributed by atoms with van der Waals surface area (Å²) < 4.78 is 47.9. The van der Waals surface area contributed by atoms with Crippen LogP contribution < -0.4 is 5.73 Å². The third-order valence-corrected chi connectivity index (χ3v) is 7.74. The molecule has 0 amide bonds. The van der Waals surface area contributed by atoms with Crippen LogP contribution in [0, 0.1) is 5.92 Å². The first-order valence-corrected chi connectivity index (χ1v) is 13.9. The van der Waals surface area contributed by atoms with Crippen LogP contribution in [0.3, 0.4) is 0 Å². The minimum Gasteiger partial charge on any atom is -0.462 e. The lowest BCUT2D eigenvalue weighted by atomic mass is 10.0. The van der Waals surface area contributed by atoms with Gasteiger partial charge in [-0.15, -0.1) is 11.6 Å². The predicted octanol–water partition coefficient (Wildman–Crippen LogP) is 2.75. The Kier molecular flexibility index (Phi) is 8.31. The van der Waals surface area contributed by atoms with Crippen LogP contribution in [0.2, 0.25) is 0 Å². The second-order valence-electron chi connectivity index (χ2n) is 9.68. The first-order valence-electron chi connectivity index (χ1n) is 12.1. The number of carbonyl (C=O) groups excluding carboxylic acids is 2. The smallest absolute Gasteiger partial charge is 0.462 e. The number of carbonyl (C=O) groups is 2. The third kappa shape index (κ3) is 5.80. The zero-order valence-electron chi connectivity index (χ0n) is 21.6. The molecule has 210 valence electrons. The highest BCUT2D eigenvalue weighted by atomic mass is 35.5. The Morgan fingerprint density at radius 2 is 1.87 bits per heavy atom. The largest absolute Gasteiger partial charge is 0.475 e. The number of imidazole rings is 1. The lowest BCUT2D eigenvalue weighted by Crippen LogP contribution is -2.44. The Bertz CT molecular complexity index is 1220. The van der Waals surface area contributed by atoms with Gasteiger partial charge in [-0.1, -0.05) is 0 Å². The van der Waals surface area contributed by atoms with E-state index >= 15 is 0 Å². The van der Waals surface area contributed by atoms with Crippen LogP contribution in [0.5, 0.6) is 0 Å². The number of fused-ring (bicyclic) bond motifs is 2. The fraction of sp³-hybridized carbons (Fsp3) is 0.682. The molecule has 0 saturated carbocycles. The number of hydrogen-bond acceptors (Lipinski definition) is 13. The molecule has 2 aromatic rings. The first-order chi connectivity index (χ1) is 17.8. The van der Waals surface area contributed by atoms with E-state index < -0.39 is 61.2 Å². The maximum atomic E-state index is 13.3. The van der Waals surface area contributed by atoms with Crippen LogP contribution in [-0.4, -0.2) is 74.0 Å². The van der Waals surface area contributed by atoms with Gasteiger partial charge in [0, 0.05) is 0 Å². The number of nitrogens with zero attached hydrogens (tertiary/aromatic N) is 4. The molecular weight excluding hydrogens is 545 g/mol. The molecule has 0 aliphatic carbocycles. The summed E-state index contributed by atoms with van der Waals surface area (Å²) >= 11 is 6.90. The van der Waals surface area contributed by atoms with E-state index in [1.807, 2.05) is 0 Å². The number of phosphoric acid groups is 1. The van der Waals surface area contributed by atoms with Crippen molar-refractivity contribution in [3.05, 3.63) is 12.7 Å². The number of hydrogen-bond donors (Lipinski definition) is 1. The number of alkyl halides is 1. The van der Waals surface area contributed by atoms with Crippen molar-refractivity contribution in [2.45, 2.75) is 76.6 Å². The van der Waals surface area contributed by atoms with Crippen molar-refractivity contribution >= 4 is 48.3 Å². The molecule has 5 atom stereocenters. The van der Waals surface area contributed by atoms with Gasteiger partial charge in [-0.2, -0.15) is 0 Å². The molecule has 2 fully saturated rings. The van der Waals surface area contributed by atoms with Crippen molar-refractivity contribution in [2.75, 3.05) is 18.9 Å². The van der Waals surface area contributed by atoms with Gasteiger partial charge >= 0.3 is 19.8 Å². The molecule has 0 spiro atoms. The standard InChI is InChI=1S/C22H31ClN5O9P/c1-11(2)34-19(29)13(20(30)35-12(3)4)6-7-32-38(31)33-8-14-16(37-38)22(5,23)21(36-14)28-10-27-15-17(24)25-9-26-18(15)28/h9-14,16,21H,6-8H2,1-5H3,(H2,24,25,26)/t14-,16-,21-,22-,38+/m1/s1. The minimum atomic E-state index is -4.13. The van der Waals surface area contributed by atoms with Crippen molar-refractivity contribution in [1.82, 2.24) is 19.5 Å². The topological polar surface area (TPSA) is 176 Å². The molecule has 2 aromatic heterocycles. The molecule has 38 heavy (non-hydrogen) atoms. The van der Waals surface area contributed by atoms with E-state index in [9.17, 15) is 14.2 Å². The number of halogens is 1. The van der Waals surface area contributed by atoms with Crippen LogP contribution in [0.1, 0.15) is 47.3 Å². The Balaban J connectivity index is 1.44. The number of nitrogen functional groups attached to an aromatic ring is 1. The van der Waals surface area contributed by atoms with Crippen molar-refractivity contribution < 1.29 is 41.9 Å². The lowest BCUT2D eigenvalue weighted by Gasteiger charge is -2.34. The fourth-order valence-electron chi connectivity index (χ4n) is 4.20. The molecule has 4 heterocycles.